The molecule has 0 bridgehead atoms. The van der Waals surface area contributed by atoms with Gasteiger partial charge >= 0.3 is 0 Å². The van der Waals surface area contributed by atoms with E-state index >= 15 is 0 Å². The molecule has 0 aromatic carbocycles. The lowest BCUT2D eigenvalue weighted by Gasteiger charge is -2.22. The van der Waals surface area contributed by atoms with E-state index in [1.54, 1.807) is 4.90 Å². The van der Waals surface area contributed by atoms with Gasteiger partial charge in [0.2, 0.25) is 5.91 Å². The number of hydrogen-bond acceptors (Lipinski definition) is 3. The van der Waals surface area contributed by atoms with Crippen LogP contribution in [0.2, 0.25) is 0 Å². The zero-order chi connectivity index (χ0) is 11.7. The molecule has 0 aliphatic rings. The second-order valence-corrected chi connectivity index (χ2v) is 3.80. The highest BCUT2D eigenvalue weighted by Crippen LogP contribution is 2.03. The molecular weight excluding hydrogens is 192 g/mol. The van der Waals surface area contributed by atoms with Gasteiger partial charge in [-0.05, 0) is 19.8 Å². The molecule has 0 spiro atoms. The first-order valence-corrected chi connectivity index (χ1v) is 5.79. The Morgan fingerprint density at radius 1 is 1.47 bits per heavy atom. The lowest BCUT2D eigenvalue weighted by atomic mass is 10.1. The van der Waals surface area contributed by atoms with Crippen molar-refractivity contribution >= 4 is 5.91 Å². The second-order valence-electron chi connectivity index (χ2n) is 3.80. The summed E-state index contributed by atoms with van der Waals surface area (Å²) in [7, 11) is 0. The van der Waals surface area contributed by atoms with E-state index in [4.69, 9.17) is 10.8 Å². The van der Waals surface area contributed by atoms with E-state index < -0.39 is 0 Å². The SMILES string of the molecule is CCCC(N)CC(=O)N(CC)CCCO. The summed E-state index contributed by atoms with van der Waals surface area (Å²) in [5.74, 6) is 0.104. The van der Waals surface area contributed by atoms with Gasteiger partial charge in [-0.15, -0.1) is 0 Å². The number of rotatable bonds is 8. The first-order valence-electron chi connectivity index (χ1n) is 5.79. The minimum atomic E-state index is -0.0225. The maximum atomic E-state index is 11.7. The van der Waals surface area contributed by atoms with Crippen molar-refractivity contribution in [2.45, 2.75) is 45.6 Å². The Balaban J connectivity index is 3.91. The van der Waals surface area contributed by atoms with Gasteiger partial charge in [0.25, 0.3) is 0 Å². The van der Waals surface area contributed by atoms with E-state index in [9.17, 15) is 4.79 Å². The second kappa shape index (κ2) is 8.68. The summed E-state index contributed by atoms with van der Waals surface area (Å²) in [6.45, 7) is 5.46. The lowest BCUT2D eigenvalue weighted by molar-refractivity contribution is -0.131. The first-order chi connectivity index (χ1) is 7.15. The Bertz CT molecular complexity index is 174. The molecule has 90 valence electrons. The fourth-order valence-corrected chi connectivity index (χ4v) is 1.55. The van der Waals surface area contributed by atoms with Gasteiger partial charge in [0.15, 0.2) is 0 Å². The Kier molecular flexibility index (Phi) is 8.33. The van der Waals surface area contributed by atoms with Crippen molar-refractivity contribution in [3.63, 3.8) is 0 Å². The van der Waals surface area contributed by atoms with Gasteiger partial charge in [-0.2, -0.15) is 0 Å². The Hall–Kier alpha value is -0.610. The summed E-state index contributed by atoms with van der Waals surface area (Å²) < 4.78 is 0. The molecular formula is C11H24N2O2. The van der Waals surface area contributed by atoms with Crippen LogP contribution in [0.3, 0.4) is 0 Å². The summed E-state index contributed by atoms with van der Waals surface area (Å²) in [6.07, 6.45) is 2.97. The predicted molar refractivity (Wildman–Crippen MR) is 61.5 cm³/mol. The lowest BCUT2D eigenvalue weighted by Crippen LogP contribution is -2.36. The zero-order valence-electron chi connectivity index (χ0n) is 9.91. The normalized spacial score (nSPS) is 12.5. The first kappa shape index (κ1) is 14.4. The van der Waals surface area contributed by atoms with Crippen LogP contribution in [0.25, 0.3) is 0 Å². The molecule has 1 amide bonds. The van der Waals surface area contributed by atoms with Gasteiger partial charge in [-0.25, -0.2) is 0 Å². The van der Waals surface area contributed by atoms with Crippen molar-refractivity contribution in [3.05, 3.63) is 0 Å². The highest BCUT2D eigenvalue weighted by Gasteiger charge is 2.14. The third kappa shape index (κ3) is 6.47. The third-order valence-corrected chi connectivity index (χ3v) is 2.42. The molecule has 1 unspecified atom stereocenters. The number of aliphatic hydroxyl groups is 1. The maximum absolute atomic E-state index is 11.7. The highest BCUT2D eigenvalue weighted by molar-refractivity contribution is 5.76. The Morgan fingerprint density at radius 2 is 2.13 bits per heavy atom. The van der Waals surface area contributed by atoms with Crippen LogP contribution < -0.4 is 5.73 Å². The van der Waals surface area contributed by atoms with Crippen LogP contribution in [0.5, 0.6) is 0 Å². The molecule has 1 atom stereocenters. The quantitative estimate of drug-likeness (QED) is 0.628. The van der Waals surface area contributed by atoms with E-state index in [2.05, 4.69) is 6.92 Å². The van der Waals surface area contributed by atoms with Crippen LogP contribution in [0.1, 0.15) is 39.5 Å². The topological polar surface area (TPSA) is 66.6 Å². The van der Waals surface area contributed by atoms with Crippen LogP contribution in [0.15, 0.2) is 0 Å². The largest absolute Gasteiger partial charge is 0.396 e. The molecule has 0 heterocycles. The molecule has 0 saturated carbocycles. The molecule has 0 aliphatic heterocycles. The summed E-state index contributed by atoms with van der Waals surface area (Å²) in [4.78, 5) is 13.5. The van der Waals surface area contributed by atoms with Crippen molar-refractivity contribution in [1.29, 1.82) is 0 Å². The van der Waals surface area contributed by atoms with Gasteiger partial charge in [-0.3, -0.25) is 4.79 Å². The molecule has 4 nitrogen and oxygen atoms in total. The smallest absolute Gasteiger partial charge is 0.224 e. The number of nitrogens with two attached hydrogens (primary N) is 1. The molecule has 0 radical (unpaired) electrons. The Morgan fingerprint density at radius 3 is 2.60 bits per heavy atom. The molecule has 15 heavy (non-hydrogen) atoms. The van der Waals surface area contributed by atoms with Crippen LogP contribution in [-0.2, 0) is 4.79 Å². The van der Waals surface area contributed by atoms with E-state index in [1.165, 1.54) is 0 Å². The predicted octanol–water partition coefficient (Wildman–Crippen LogP) is 0.735. The number of carbonyl (C=O) groups excluding carboxylic acids is 1. The van der Waals surface area contributed by atoms with Crippen molar-refractivity contribution < 1.29 is 9.90 Å². The van der Waals surface area contributed by atoms with Crippen LogP contribution in [0.4, 0.5) is 0 Å². The average Bonchev–Trinajstić information content (AvgIpc) is 2.19. The average molecular weight is 216 g/mol. The molecule has 0 aromatic rings. The van der Waals surface area contributed by atoms with Gasteiger partial charge < -0.3 is 15.7 Å². The molecule has 0 saturated heterocycles. The van der Waals surface area contributed by atoms with E-state index in [1.807, 2.05) is 6.92 Å². The molecule has 3 N–H and O–H groups in total. The maximum Gasteiger partial charge on any atom is 0.224 e. The number of aliphatic hydroxyl groups excluding tert-OH is 1. The van der Waals surface area contributed by atoms with Crippen LogP contribution >= 0.6 is 0 Å². The number of hydrogen-bond donors (Lipinski definition) is 2. The molecule has 0 aliphatic carbocycles. The summed E-state index contributed by atoms with van der Waals surface area (Å²) in [5, 5.41) is 8.70. The van der Waals surface area contributed by atoms with Crippen molar-refractivity contribution in [3.8, 4) is 0 Å². The molecule has 0 aromatic heterocycles. The van der Waals surface area contributed by atoms with Crippen LogP contribution in [-0.4, -0.2) is 41.7 Å². The fourth-order valence-electron chi connectivity index (χ4n) is 1.55. The van der Waals surface area contributed by atoms with Crippen molar-refractivity contribution in [2.24, 2.45) is 5.73 Å². The van der Waals surface area contributed by atoms with E-state index in [0.717, 1.165) is 12.8 Å². The highest BCUT2D eigenvalue weighted by atomic mass is 16.3. The van der Waals surface area contributed by atoms with Gasteiger partial charge in [0.1, 0.15) is 0 Å². The summed E-state index contributed by atoms with van der Waals surface area (Å²) in [6, 6.07) is -0.0225. The van der Waals surface area contributed by atoms with Gasteiger partial charge in [-0.1, -0.05) is 13.3 Å². The van der Waals surface area contributed by atoms with Crippen LogP contribution in [0, 0.1) is 0 Å². The van der Waals surface area contributed by atoms with E-state index in [-0.39, 0.29) is 18.6 Å². The number of nitrogens with zero attached hydrogens (tertiary/aromatic N) is 1. The van der Waals surface area contributed by atoms with E-state index in [0.29, 0.717) is 25.9 Å². The van der Waals surface area contributed by atoms with Crippen molar-refractivity contribution in [1.82, 2.24) is 4.90 Å². The fraction of sp³-hybridized carbons (Fsp3) is 0.909. The summed E-state index contributed by atoms with van der Waals surface area (Å²) in [5.41, 5.74) is 5.81. The molecule has 0 fully saturated rings. The third-order valence-electron chi connectivity index (χ3n) is 2.42. The number of amides is 1. The molecule has 0 rings (SSSR count). The minimum absolute atomic E-state index is 0.0225. The van der Waals surface area contributed by atoms with Gasteiger partial charge in [0.05, 0.1) is 0 Å². The zero-order valence-corrected chi connectivity index (χ0v) is 9.91. The number of carbonyl (C=O) groups is 1. The summed E-state index contributed by atoms with van der Waals surface area (Å²) >= 11 is 0. The van der Waals surface area contributed by atoms with Crippen molar-refractivity contribution in [2.75, 3.05) is 19.7 Å². The van der Waals surface area contributed by atoms with Gasteiger partial charge in [0, 0.05) is 32.2 Å². The molecule has 4 heteroatoms. The Labute approximate surface area is 92.4 Å². The monoisotopic (exact) mass is 216 g/mol. The standard InChI is InChI=1S/C11H24N2O2/c1-3-6-10(12)9-11(15)13(4-2)7-5-8-14/h10,14H,3-9,12H2,1-2H3. The minimum Gasteiger partial charge on any atom is -0.396 e.